The molecule has 0 saturated heterocycles. The molecule has 0 saturated carbocycles. The molecule has 0 aromatic rings. The van der Waals surface area contributed by atoms with Gasteiger partial charge in [0.2, 0.25) is 0 Å². The topological polar surface area (TPSA) is 40.5 Å². The number of aliphatic hydroxyl groups excluding tert-OH is 1. The highest BCUT2D eigenvalue weighted by atomic mass is 16.2. The second-order valence-electron chi connectivity index (χ2n) is 3.08. The van der Waals surface area contributed by atoms with E-state index in [0.717, 1.165) is 26.5 Å². The van der Waals surface area contributed by atoms with Gasteiger partial charge in [-0.25, -0.2) is 0 Å². The molecule has 0 atom stereocenters. The van der Waals surface area contributed by atoms with Gasteiger partial charge < -0.3 is 9.90 Å². The van der Waals surface area contributed by atoms with Crippen LogP contribution in [0.3, 0.4) is 0 Å². The lowest BCUT2D eigenvalue weighted by Gasteiger charge is -2.14. The number of carbonyl (C=O) groups excluding carboxylic acids is 1. The zero-order valence-corrected chi connectivity index (χ0v) is 8.49. The first kappa shape index (κ1) is 12.3. The predicted molar refractivity (Wildman–Crippen MR) is 53.6 cm³/mol. The number of allylic oxidation sites excluding steroid dienone is 1. The van der Waals surface area contributed by atoms with Crippen LogP contribution in [0.4, 0.5) is 0 Å². The molecule has 13 heavy (non-hydrogen) atoms. The molecule has 0 radical (unpaired) electrons. The van der Waals surface area contributed by atoms with Crippen LogP contribution in [0.15, 0.2) is 11.6 Å². The molecule has 0 amide bonds. The maximum Gasteiger partial charge on any atom is 0.133 e. The lowest BCUT2D eigenvalue weighted by atomic mass is 10.2. The summed E-state index contributed by atoms with van der Waals surface area (Å²) in [5, 5.41) is 7.00. The van der Waals surface area contributed by atoms with E-state index < -0.39 is 0 Å². The smallest absolute Gasteiger partial charge is 0.133 e. The third-order valence-corrected chi connectivity index (χ3v) is 2.08. The minimum Gasteiger partial charge on any atom is -0.400 e. The molecule has 0 aromatic carbocycles. The number of aliphatic hydroxyl groups is 1. The molecule has 0 fully saturated rings. The van der Waals surface area contributed by atoms with E-state index in [0.29, 0.717) is 6.54 Å². The van der Waals surface area contributed by atoms with Crippen LogP contribution in [-0.2, 0) is 4.79 Å². The zero-order chi connectivity index (χ0) is 10.1. The van der Waals surface area contributed by atoms with Crippen LogP contribution < -0.4 is 0 Å². The summed E-state index contributed by atoms with van der Waals surface area (Å²) in [6.45, 7) is 4.76. The fourth-order valence-electron chi connectivity index (χ4n) is 1.33. The van der Waals surface area contributed by atoms with Gasteiger partial charge in [0.05, 0.1) is 6.54 Å². The van der Waals surface area contributed by atoms with E-state index in [2.05, 4.69) is 17.9 Å². The monoisotopic (exact) mass is 185 g/mol. The first-order valence-electron chi connectivity index (χ1n) is 4.59. The Balaban J connectivity index is 0.000000671. The first-order chi connectivity index (χ1) is 6.33. The Morgan fingerprint density at radius 2 is 2.31 bits per heavy atom. The van der Waals surface area contributed by atoms with Gasteiger partial charge in [-0.3, -0.25) is 4.90 Å². The van der Waals surface area contributed by atoms with Crippen LogP contribution in [0.2, 0.25) is 0 Å². The van der Waals surface area contributed by atoms with Crippen LogP contribution in [0, 0.1) is 0 Å². The molecule has 1 heterocycles. The van der Waals surface area contributed by atoms with Crippen LogP contribution in [0.5, 0.6) is 0 Å². The van der Waals surface area contributed by atoms with E-state index in [1.165, 1.54) is 18.4 Å². The van der Waals surface area contributed by atoms with Gasteiger partial charge in [0.1, 0.15) is 6.29 Å². The highest BCUT2D eigenvalue weighted by molar-refractivity contribution is 5.52. The maximum absolute atomic E-state index is 10.2. The Bertz CT molecular complexity index is 166. The van der Waals surface area contributed by atoms with Crippen LogP contribution in [0.25, 0.3) is 0 Å². The SMILES string of the molecule is CC1=CCN(CC=O)CCC1.CO. The van der Waals surface area contributed by atoms with Crippen molar-refractivity contribution < 1.29 is 9.90 Å². The Kier molecular flexibility index (Phi) is 7.54. The van der Waals surface area contributed by atoms with Crippen LogP contribution in [0.1, 0.15) is 19.8 Å². The highest BCUT2D eigenvalue weighted by Gasteiger charge is 2.05. The number of hydrogen-bond acceptors (Lipinski definition) is 3. The van der Waals surface area contributed by atoms with Crippen molar-refractivity contribution in [1.82, 2.24) is 4.90 Å². The molecular formula is C10H19NO2. The second kappa shape index (κ2) is 7.95. The van der Waals surface area contributed by atoms with Gasteiger partial charge in [-0.2, -0.15) is 0 Å². The fourth-order valence-corrected chi connectivity index (χ4v) is 1.33. The predicted octanol–water partition coefficient (Wildman–Crippen LogP) is 0.836. The Hall–Kier alpha value is -0.670. The van der Waals surface area contributed by atoms with E-state index in [1.807, 2.05) is 0 Å². The molecule has 76 valence electrons. The molecule has 0 aromatic heterocycles. The van der Waals surface area contributed by atoms with E-state index in [9.17, 15) is 4.79 Å². The summed E-state index contributed by atoms with van der Waals surface area (Å²) < 4.78 is 0. The number of aldehydes is 1. The first-order valence-corrected chi connectivity index (χ1v) is 4.59. The molecule has 0 spiro atoms. The summed E-state index contributed by atoms with van der Waals surface area (Å²) >= 11 is 0. The molecule has 0 unspecified atom stereocenters. The van der Waals surface area contributed by atoms with E-state index in [1.54, 1.807) is 0 Å². The quantitative estimate of drug-likeness (QED) is 0.512. The third kappa shape index (κ3) is 5.55. The summed E-state index contributed by atoms with van der Waals surface area (Å²) in [5.41, 5.74) is 1.46. The highest BCUT2D eigenvalue weighted by Crippen LogP contribution is 2.09. The second-order valence-corrected chi connectivity index (χ2v) is 3.08. The van der Waals surface area contributed by atoms with Crippen molar-refractivity contribution >= 4 is 6.29 Å². The maximum atomic E-state index is 10.2. The van der Waals surface area contributed by atoms with Crippen molar-refractivity contribution in [2.75, 3.05) is 26.7 Å². The molecule has 3 nitrogen and oxygen atoms in total. The largest absolute Gasteiger partial charge is 0.400 e. The van der Waals surface area contributed by atoms with Gasteiger partial charge in [-0.05, 0) is 26.3 Å². The lowest BCUT2D eigenvalue weighted by molar-refractivity contribution is -0.108. The van der Waals surface area contributed by atoms with Gasteiger partial charge in [0.15, 0.2) is 0 Å². The average molecular weight is 185 g/mol. The van der Waals surface area contributed by atoms with Gasteiger partial charge in [-0.1, -0.05) is 11.6 Å². The Morgan fingerprint density at radius 3 is 2.92 bits per heavy atom. The Labute approximate surface area is 80.0 Å². The van der Waals surface area contributed by atoms with E-state index in [4.69, 9.17) is 5.11 Å². The summed E-state index contributed by atoms with van der Waals surface area (Å²) in [5.74, 6) is 0. The molecule has 1 N–H and O–H groups in total. The number of nitrogens with zero attached hydrogens (tertiary/aromatic N) is 1. The fraction of sp³-hybridized carbons (Fsp3) is 0.700. The molecule has 1 rings (SSSR count). The van der Waals surface area contributed by atoms with Crippen LogP contribution in [-0.4, -0.2) is 43.0 Å². The third-order valence-electron chi connectivity index (χ3n) is 2.08. The normalized spacial score (nSPS) is 17.9. The van der Waals surface area contributed by atoms with E-state index >= 15 is 0 Å². The van der Waals surface area contributed by atoms with Crippen molar-refractivity contribution in [2.45, 2.75) is 19.8 Å². The molecular weight excluding hydrogens is 166 g/mol. The summed E-state index contributed by atoms with van der Waals surface area (Å²) in [6.07, 6.45) is 5.58. The number of hydrogen-bond donors (Lipinski definition) is 1. The van der Waals surface area contributed by atoms with Gasteiger partial charge in [-0.15, -0.1) is 0 Å². The molecule has 1 aliphatic heterocycles. The van der Waals surface area contributed by atoms with Crippen molar-refractivity contribution in [3.05, 3.63) is 11.6 Å². The summed E-state index contributed by atoms with van der Waals surface area (Å²) in [6, 6.07) is 0. The average Bonchev–Trinajstić information content (AvgIpc) is 2.36. The van der Waals surface area contributed by atoms with Crippen LogP contribution >= 0.6 is 0 Å². The molecule has 3 heteroatoms. The van der Waals surface area contributed by atoms with Crippen molar-refractivity contribution in [3.63, 3.8) is 0 Å². The Morgan fingerprint density at radius 1 is 1.62 bits per heavy atom. The number of carbonyl (C=O) groups is 1. The zero-order valence-electron chi connectivity index (χ0n) is 8.49. The van der Waals surface area contributed by atoms with Gasteiger partial charge >= 0.3 is 0 Å². The standard InChI is InChI=1S/C9H15NO.CH4O/c1-9-3-2-5-10(6-4-9)7-8-11;1-2/h4,8H,2-3,5-7H2,1H3;2H,1H3. The molecule has 1 aliphatic rings. The minimum absolute atomic E-state index is 0.587. The molecule has 0 aliphatic carbocycles. The van der Waals surface area contributed by atoms with Crippen molar-refractivity contribution in [3.8, 4) is 0 Å². The lowest BCUT2D eigenvalue weighted by Crippen LogP contribution is -2.25. The van der Waals surface area contributed by atoms with Crippen molar-refractivity contribution in [2.24, 2.45) is 0 Å². The summed E-state index contributed by atoms with van der Waals surface area (Å²) in [7, 11) is 1.00. The van der Waals surface area contributed by atoms with Gasteiger partial charge in [0.25, 0.3) is 0 Å². The van der Waals surface area contributed by atoms with Crippen molar-refractivity contribution in [1.29, 1.82) is 0 Å². The number of rotatable bonds is 2. The minimum atomic E-state index is 0.587. The van der Waals surface area contributed by atoms with E-state index in [-0.39, 0.29) is 0 Å². The summed E-state index contributed by atoms with van der Waals surface area (Å²) in [4.78, 5) is 12.4. The van der Waals surface area contributed by atoms with Gasteiger partial charge in [0, 0.05) is 13.7 Å². The molecule has 0 bridgehead atoms.